The average molecular weight is 312 g/mol. The Hall–Kier alpha value is -2.07. The van der Waals surface area contributed by atoms with Crippen molar-refractivity contribution >= 4 is 5.91 Å². The van der Waals surface area contributed by atoms with Crippen molar-refractivity contribution in [3.8, 4) is 0 Å². The first-order chi connectivity index (χ1) is 11.1. The van der Waals surface area contributed by atoms with Gasteiger partial charge in [-0.25, -0.2) is 0 Å². The summed E-state index contributed by atoms with van der Waals surface area (Å²) >= 11 is 0. The molecule has 1 aromatic heterocycles. The van der Waals surface area contributed by atoms with Gasteiger partial charge in [-0.2, -0.15) is 0 Å². The Morgan fingerprint density at radius 2 is 2.00 bits per heavy atom. The van der Waals surface area contributed by atoms with Gasteiger partial charge in [0.25, 0.3) is 5.91 Å². The van der Waals surface area contributed by atoms with Gasteiger partial charge in [0.1, 0.15) is 5.76 Å². The van der Waals surface area contributed by atoms with Crippen LogP contribution in [-0.4, -0.2) is 37.5 Å². The smallest absolute Gasteiger partial charge is 0.254 e. The summed E-state index contributed by atoms with van der Waals surface area (Å²) in [5, 5.41) is 3.07. The van der Waals surface area contributed by atoms with Gasteiger partial charge in [-0.15, -0.1) is 0 Å². The molecule has 3 rings (SSSR count). The lowest BCUT2D eigenvalue weighted by atomic mass is 10.0. The van der Waals surface area contributed by atoms with Gasteiger partial charge in [0.15, 0.2) is 0 Å². The molecule has 1 heterocycles. The summed E-state index contributed by atoms with van der Waals surface area (Å²) in [7, 11) is 4.10. The normalized spacial score (nSPS) is 15.6. The Labute approximate surface area is 137 Å². The number of furan rings is 1. The molecule has 1 saturated carbocycles. The molecule has 0 spiro atoms. The van der Waals surface area contributed by atoms with Crippen LogP contribution in [0.1, 0.15) is 40.4 Å². The second kappa shape index (κ2) is 7.01. The molecular formula is C19H24N2O2. The van der Waals surface area contributed by atoms with Crippen LogP contribution in [0.25, 0.3) is 0 Å². The number of hydrogen-bond acceptors (Lipinski definition) is 3. The molecule has 0 aliphatic heterocycles. The average Bonchev–Trinajstić information content (AvgIpc) is 3.28. The summed E-state index contributed by atoms with van der Waals surface area (Å²) in [6, 6.07) is 12.4. The monoisotopic (exact) mass is 312 g/mol. The molecule has 4 heteroatoms. The molecule has 1 atom stereocenters. The van der Waals surface area contributed by atoms with E-state index < -0.39 is 0 Å². The molecule has 1 fully saturated rings. The molecule has 1 aliphatic carbocycles. The zero-order valence-corrected chi connectivity index (χ0v) is 13.8. The van der Waals surface area contributed by atoms with Gasteiger partial charge in [0.05, 0.1) is 11.8 Å². The van der Waals surface area contributed by atoms with Crippen molar-refractivity contribution in [1.29, 1.82) is 0 Å². The Bertz CT molecular complexity index is 644. The summed E-state index contributed by atoms with van der Waals surface area (Å²) in [5.41, 5.74) is 1.98. The van der Waals surface area contributed by atoms with E-state index in [1.807, 2.05) is 32.3 Å². The molecular weight excluding hydrogens is 288 g/mol. The van der Waals surface area contributed by atoms with Crippen LogP contribution in [0.4, 0.5) is 0 Å². The Balaban J connectivity index is 1.60. The van der Waals surface area contributed by atoms with Crippen LogP contribution in [0.3, 0.4) is 0 Å². The van der Waals surface area contributed by atoms with Crippen LogP contribution < -0.4 is 5.32 Å². The molecule has 1 amide bonds. The van der Waals surface area contributed by atoms with Crippen LogP contribution in [0, 0.1) is 0 Å². The van der Waals surface area contributed by atoms with E-state index in [1.165, 1.54) is 5.56 Å². The Kier molecular flexibility index (Phi) is 4.82. The Morgan fingerprint density at radius 3 is 2.65 bits per heavy atom. The van der Waals surface area contributed by atoms with Crippen LogP contribution >= 0.6 is 0 Å². The third-order valence-electron chi connectivity index (χ3n) is 4.43. The van der Waals surface area contributed by atoms with Crippen molar-refractivity contribution in [2.45, 2.75) is 31.2 Å². The number of carbonyl (C=O) groups is 1. The first-order valence-electron chi connectivity index (χ1n) is 8.21. The SMILES string of the molecule is CN(C)[C@H](CNC(=O)c1ccoc1C1CC1)Cc1ccccc1. The summed E-state index contributed by atoms with van der Waals surface area (Å²) in [5.74, 6) is 1.27. The van der Waals surface area contributed by atoms with Crippen molar-refractivity contribution in [3.05, 3.63) is 59.5 Å². The lowest BCUT2D eigenvalue weighted by Gasteiger charge is -2.24. The molecule has 23 heavy (non-hydrogen) atoms. The number of hydrogen-bond donors (Lipinski definition) is 1. The zero-order valence-electron chi connectivity index (χ0n) is 13.8. The summed E-state index contributed by atoms with van der Waals surface area (Å²) < 4.78 is 5.49. The van der Waals surface area contributed by atoms with E-state index in [0.29, 0.717) is 18.0 Å². The summed E-state index contributed by atoms with van der Waals surface area (Å²) in [6.45, 7) is 0.621. The van der Waals surface area contributed by atoms with E-state index >= 15 is 0 Å². The summed E-state index contributed by atoms with van der Waals surface area (Å²) in [4.78, 5) is 14.6. The highest BCUT2D eigenvalue weighted by Gasteiger charge is 2.31. The number of carbonyl (C=O) groups excluding carboxylic acids is 1. The maximum absolute atomic E-state index is 12.4. The second-order valence-corrected chi connectivity index (χ2v) is 6.49. The van der Waals surface area contributed by atoms with Crippen LogP contribution in [0.5, 0.6) is 0 Å². The maximum atomic E-state index is 12.4. The van der Waals surface area contributed by atoms with Gasteiger partial charge in [0.2, 0.25) is 0 Å². The van der Waals surface area contributed by atoms with E-state index in [2.05, 4.69) is 22.3 Å². The van der Waals surface area contributed by atoms with Crippen LogP contribution in [-0.2, 0) is 6.42 Å². The molecule has 2 aromatic rings. The highest BCUT2D eigenvalue weighted by atomic mass is 16.3. The summed E-state index contributed by atoms with van der Waals surface area (Å²) in [6.07, 6.45) is 4.79. The number of nitrogens with one attached hydrogen (secondary N) is 1. The topological polar surface area (TPSA) is 45.5 Å². The number of amides is 1. The maximum Gasteiger partial charge on any atom is 0.254 e. The van der Waals surface area contributed by atoms with Gasteiger partial charge in [-0.05, 0) is 45.0 Å². The molecule has 0 bridgehead atoms. The second-order valence-electron chi connectivity index (χ2n) is 6.49. The minimum atomic E-state index is -0.0273. The fourth-order valence-electron chi connectivity index (χ4n) is 2.80. The van der Waals surface area contributed by atoms with E-state index in [9.17, 15) is 4.79 Å². The molecule has 1 N–H and O–H groups in total. The van der Waals surface area contributed by atoms with Gasteiger partial charge < -0.3 is 14.6 Å². The minimum absolute atomic E-state index is 0.0273. The fourth-order valence-corrected chi connectivity index (χ4v) is 2.80. The first kappa shape index (κ1) is 15.8. The van der Waals surface area contributed by atoms with Crippen molar-refractivity contribution in [2.24, 2.45) is 0 Å². The largest absolute Gasteiger partial charge is 0.468 e. The third kappa shape index (κ3) is 4.02. The third-order valence-corrected chi connectivity index (χ3v) is 4.43. The van der Waals surface area contributed by atoms with Gasteiger partial charge in [-0.1, -0.05) is 30.3 Å². The lowest BCUT2D eigenvalue weighted by Crippen LogP contribution is -2.41. The van der Waals surface area contributed by atoms with Crippen molar-refractivity contribution in [2.75, 3.05) is 20.6 Å². The number of likely N-dealkylation sites (N-methyl/N-ethyl adjacent to an activating group) is 1. The predicted molar refractivity (Wildman–Crippen MR) is 90.6 cm³/mol. The first-order valence-corrected chi connectivity index (χ1v) is 8.21. The molecule has 1 aromatic carbocycles. The zero-order chi connectivity index (χ0) is 16.2. The minimum Gasteiger partial charge on any atom is -0.468 e. The number of benzene rings is 1. The highest BCUT2D eigenvalue weighted by molar-refractivity contribution is 5.95. The number of rotatable bonds is 7. The Morgan fingerprint density at radius 1 is 1.26 bits per heavy atom. The van der Waals surface area contributed by atoms with Crippen molar-refractivity contribution in [1.82, 2.24) is 10.2 Å². The quantitative estimate of drug-likeness (QED) is 0.854. The molecule has 0 unspecified atom stereocenters. The lowest BCUT2D eigenvalue weighted by molar-refractivity contribution is 0.0939. The van der Waals surface area contributed by atoms with E-state index in [-0.39, 0.29) is 11.9 Å². The van der Waals surface area contributed by atoms with Crippen LogP contribution in [0.2, 0.25) is 0 Å². The van der Waals surface area contributed by atoms with Gasteiger partial charge in [-0.3, -0.25) is 4.79 Å². The van der Waals surface area contributed by atoms with E-state index in [0.717, 1.165) is 25.0 Å². The van der Waals surface area contributed by atoms with Crippen molar-refractivity contribution in [3.63, 3.8) is 0 Å². The highest BCUT2D eigenvalue weighted by Crippen LogP contribution is 2.42. The molecule has 122 valence electrons. The van der Waals surface area contributed by atoms with Gasteiger partial charge in [0, 0.05) is 18.5 Å². The standard InChI is InChI=1S/C19H24N2O2/c1-21(2)16(12-14-6-4-3-5-7-14)13-20-19(22)17-10-11-23-18(17)15-8-9-15/h3-7,10-11,15-16H,8-9,12-13H2,1-2H3,(H,20,22)/t16-/m0/s1. The van der Waals surface area contributed by atoms with E-state index in [4.69, 9.17) is 4.42 Å². The molecule has 0 radical (unpaired) electrons. The number of nitrogens with zero attached hydrogens (tertiary/aromatic N) is 1. The molecule has 0 saturated heterocycles. The van der Waals surface area contributed by atoms with Gasteiger partial charge >= 0.3 is 0 Å². The molecule has 1 aliphatic rings. The molecule has 4 nitrogen and oxygen atoms in total. The fraction of sp³-hybridized carbons (Fsp3) is 0.421. The van der Waals surface area contributed by atoms with E-state index in [1.54, 1.807) is 12.3 Å². The predicted octanol–water partition coefficient (Wildman–Crippen LogP) is 3.06. The van der Waals surface area contributed by atoms with Crippen LogP contribution in [0.15, 0.2) is 47.1 Å². The van der Waals surface area contributed by atoms with Crippen molar-refractivity contribution < 1.29 is 9.21 Å².